The van der Waals surface area contributed by atoms with Gasteiger partial charge in [0, 0.05) is 17.4 Å². The number of benzene rings is 1. The maximum absolute atomic E-state index is 13.0. The quantitative estimate of drug-likeness (QED) is 0.555. The molecular formula is C13H16Br2FNO. The molecule has 18 heavy (non-hydrogen) atoms. The molecular weight excluding hydrogens is 365 g/mol. The smallest absolute Gasteiger partial charge is 0.251 e. The van der Waals surface area contributed by atoms with Crippen molar-refractivity contribution in [1.29, 1.82) is 0 Å². The highest BCUT2D eigenvalue weighted by Gasteiger charge is 2.07. The van der Waals surface area contributed by atoms with Crippen molar-refractivity contribution in [2.75, 3.05) is 11.9 Å². The molecule has 1 rings (SSSR count). The van der Waals surface area contributed by atoms with E-state index in [0.717, 1.165) is 18.2 Å². The first kappa shape index (κ1) is 15.6. The maximum atomic E-state index is 13.0. The summed E-state index contributed by atoms with van der Waals surface area (Å²) < 4.78 is 13.3. The molecule has 100 valence electrons. The molecule has 1 aromatic carbocycles. The Bertz CT molecular complexity index is 399. The standard InChI is InChI=1S/C13H16Br2FNO/c14-7-3-1-2-4-8-17-13(18)10-5-6-12(16)11(15)9-10/h5-6,9H,1-4,7-8H2,(H,17,18). The Labute approximate surface area is 124 Å². The first-order chi connectivity index (χ1) is 8.65. The van der Waals surface area contributed by atoms with E-state index in [2.05, 4.69) is 37.2 Å². The molecule has 0 aliphatic rings. The Kier molecular flexibility index (Phi) is 7.51. The molecule has 1 N–H and O–H groups in total. The van der Waals surface area contributed by atoms with Crippen molar-refractivity contribution in [3.05, 3.63) is 34.1 Å². The van der Waals surface area contributed by atoms with E-state index in [4.69, 9.17) is 0 Å². The summed E-state index contributed by atoms with van der Waals surface area (Å²) in [6, 6.07) is 4.27. The van der Waals surface area contributed by atoms with Gasteiger partial charge in [-0.15, -0.1) is 0 Å². The average Bonchev–Trinajstić information content (AvgIpc) is 2.36. The molecule has 0 bridgehead atoms. The van der Waals surface area contributed by atoms with Gasteiger partial charge in [-0.05, 0) is 47.0 Å². The molecule has 1 amide bonds. The predicted molar refractivity (Wildman–Crippen MR) is 78.7 cm³/mol. The minimum absolute atomic E-state index is 0.156. The van der Waals surface area contributed by atoms with Crippen LogP contribution < -0.4 is 5.32 Å². The molecule has 0 aliphatic heterocycles. The van der Waals surface area contributed by atoms with Gasteiger partial charge in [-0.1, -0.05) is 28.8 Å². The van der Waals surface area contributed by atoms with Gasteiger partial charge in [0.05, 0.1) is 4.47 Å². The van der Waals surface area contributed by atoms with Crippen molar-refractivity contribution >= 4 is 37.8 Å². The molecule has 0 heterocycles. The predicted octanol–water partition coefficient (Wildman–Crippen LogP) is 4.27. The number of unbranched alkanes of at least 4 members (excludes halogenated alkanes) is 3. The van der Waals surface area contributed by atoms with Crippen LogP contribution in [0.4, 0.5) is 4.39 Å². The van der Waals surface area contributed by atoms with E-state index in [1.807, 2.05) is 0 Å². The number of alkyl halides is 1. The molecule has 2 nitrogen and oxygen atoms in total. The maximum Gasteiger partial charge on any atom is 0.251 e. The highest BCUT2D eigenvalue weighted by Crippen LogP contribution is 2.16. The minimum atomic E-state index is -0.360. The number of halogens is 3. The lowest BCUT2D eigenvalue weighted by molar-refractivity contribution is 0.0953. The number of amides is 1. The van der Waals surface area contributed by atoms with Gasteiger partial charge in [0.1, 0.15) is 5.82 Å². The Morgan fingerprint density at radius 2 is 1.94 bits per heavy atom. The monoisotopic (exact) mass is 379 g/mol. The lowest BCUT2D eigenvalue weighted by Gasteiger charge is -2.05. The topological polar surface area (TPSA) is 29.1 Å². The third kappa shape index (κ3) is 5.48. The minimum Gasteiger partial charge on any atom is -0.352 e. The molecule has 1 aromatic rings. The average molecular weight is 381 g/mol. The second kappa shape index (κ2) is 8.64. The van der Waals surface area contributed by atoms with Crippen LogP contribution in [-0.4, -0.2) is 17.8 Å². The molecule has 0 aliphatic carbocycles. The molecule has 0 fully saturated rings. The van der Waals surface area contributed by atoms with Gasteiger partial charge in [-0.25, -0.2) is 4.39 Å². The summed E-state index contributed by atoms with van der Waals surface area (Å²) in [4.78, 5) is 11.7. The number of rotatable bonds is 7. The van der Waals surface area contributed by atoms with Crippen LogP contribution in [0.15, 0.2) is 22.7 Å². The van der Waals surface area contributed by atoms with Crippen LogP contribution in [0, 0.1) is 5.82 Å². The largest absolute Gasteiger partial charge is 0.352 e. The third-order valence-corrected chi connectivity index (χ3v) is 3.70. The van der Waals surface area contributed by atoms with Crippen LogP contribution >= 0.6 is 31.9 Å². The first-order valence-corrected chi connectivity index (χ1v) is 7.86. The number of nitrogens with one attached hydrogen (secondary N) is 1. The van der Waals surface area contributed by atoms with Gasteiger partial charge in [0.25, 0.3) is 5.91 Å². The summed E-state index contributed by atoms with van der Waals surface area (Å²) in [6.45, 7) is 0.663. The van der Waals surface area contributed by atoms with Gasteiger partial charge >= 0.3 is 0 Å². The summed E-state index contributed by atoms with van der Waals surface area (Å²) in [7, 11) is 0. The second-order valence-corrected chi connectivity index (χ2v) is 5.64. The lowest BCUT2D eigenvalue weighted by Crippen LogP contribution is -2.24. The third-order valence-electron chi connectivity index (χ3n) is 2.53. The van der Waals surface area contributed by atoms with Gasteiger partial charge in [0.2, 0.25) is 0 Å². The number of carbonyl (C=O) groups is 1. The normalized spacial score (nSPS) is 10.4. The number of hydrogen-bond donors (Lipinski definition) is 1. The summed E-state index contributed by atoms with van der Waals surface area (Å²) in [5.74, 6) is -0.516. The van der Waals surface area contributed by atoms with E-state index in [1.54, 1.807) is 0 Å². The highest BCUT2D eigenvalue weighted by molar-refractivity contribution is 9.10. The molecule has 0 aromatic heterocycles. The van der Waals surface area contributed by atoms with Crippen molar-refractivity contribution in [2.24, 2.45) is 0 Å². The first-order valence-electron chi connectivity index (χ1n) is 5.94. The summed E-state index contributed by atoms with van der Waals surface area (Å²) in [6.07, 6.45) is 4.42. The van der Waals surface area contributed by atoms with Crippen LogP contribution in [0.2, 0.25) is 0 Å². The molecule has 5 heteroatoms. The van der Waals surface area contributed by atoms with E-state index in [0.29, 0.717) is 16.6 Å². The van der Waals surface area contributed by atoms with Crippen molar-refractivity contribution in [3.63, 3.8) is 0 Å². The van der Waals surface area contributed by atoms with Crippen LogP contribution in [0.5, 0.6) is 0 Å². The summed E-state index contributed by atoms with van der Waals surface area (Å²) in [5, 5.41) is 3.86. The van der Waals surface area contributed by atoms with Crippen molar-refractivity contribution in [2.45, 2.75) is 25.7 Å². The zero-order valence-electron chi connectivity index (χ0n) is 10.0. The Hall–Kier alpha value is -0.420. The Morgan fingerprint density at radius 1 is 1.22 bits per heavy atom. The van der Waals surface area contributed by atoms with Crippen LogP contribution in [-0.2, 0) is 0 Å². The van der Waals surface area contributed by atoms with Crippen molar-refractivity contribution in [1.82, 2.24) is 5.32 Å². The molecule has 0 atom stereocenters. The van der Waals surface area contributed by atoms with Crippen LogP contribution in [0.1, 0.15) is 36.0 Å². The van der Waals surface area contributed by atoms with Gasteiger partial charge in [-0.2, -0.15) is 0 Å². The van der Waals surface area contributed by atoms with E-state index in [1.165, 1.54) is 31.0 Å². The van der Waals surface area contributed by atoms with E-state index in [-0.39, 0.29) is 11.7 Å². The molecule has 0 spiro atoms. The van der Waals surface area contributed by atoms with E-state index >= 15 is 0 Å². The molecule has 0 saturated carbocycles. The fourth-order valence-corrected chi connectivity index (χ4v) is 2.29. The van der Waals surface area contributed by atoms with Crippen molar-refractivity contribution in [3.8, 4) is 0 Å². The SMILES string of the molecule is O=C(NCCCCCCBr)c1ccc(F)c(Br)c1. The number of carbonyl (C=O) groups excluding carboxylic acids is 1. The second-order valence-electron chi connectivity index (χ2n) is 3.99. The zero-order valence-corrected chi connectivity index (χ0v) is 13.2. The number of hydrogen-bond acceptors (Lipinski definition) is 1. The van der Waals surface area contributed by atoms with Gasteiger partial charge in [0.15, 0.2) is 0 Å². The zero-order chi connectivity index (χ0) is 13.4. The lowest BCUT2D eigenvalue weighted by atomic mass is 10.2. The molecule has 0 radical (unpaired) electrons. The fraction of sp³-hybridized carbons (Fsp3) is 0.462. The van der Waals surface area contributed by atoms with Crippen LogP contribution in [0.3, 0.4) is 0 Å². The molecule has 0 saturated heterocycles. The summed E-state index contributed by atoms with van der Waals surface area (Å²) >= 11 is 6.45. The molecule has 0 unspecified atom stereocenters. The Balaban J connectivity index is 2.30. The van der Waals surface area contributed by atoms with Gasteiger partial charge in [-0.3, -0.25) is 4.79 Å². The van der Waals surface area contributed by atoms with Gasteiger partial charge < -0.3 is 5.32 Å². The van der Waals surface area contributed by atoms with Crippen LogP contribution in [0.25, 0.3) is 0 Å². The van der Waals surface area contributed by atoms with E-state index < -0.39 is 0 Å². The highest BCUT2D eigenvalue weighted by atomic mass is 79.9. The van der Waals surface area contributed by atoms with Crippen molar-refractivity contribution < 1.29 is 9.18 Å². The van der Waals surface area contributed by atoms with E-state index in [9.17, 15) is 9.18 Å². The summed E-state index contributed by atoms with van der Waals surface area (Å²) in [5.41, 5.74) is 0.476. The Morgan fingerprint density at radius 3 is 2.61 bits per heavy atom. The fourth-order valence-electron chi connectivity index (χ4n) is 1.51.